The molecule has 0 unspecified atom stereocenters. The van der Waals surface area contributed by atoms with Gasteiger partial charge in [-0.25, -0.2) is 16.8 Å². The molecule has 3 fully saturated rings. The van der Waals surface area contributed by atoms with Crippen molar-refractivity contribution in [1.82, 2.24) is 9.80 Å². The molecular formula is C12H22N2O6S2. The summed E-state index contributed by atoms with van der Waals surface area (Å²) in [5, 5.41) is 19.8. The van der Waals surface area contributed by atoms with E-state index in [1.807, 2.05) is 9.80 Å². The number of nitrogens with zero attached hydrogens (tertiary/aromatic N) is 2. The zero-order valence-corrected chi connectivity index (χ0v) is 13.8. The van der Waals surface area contributed by atoms with Crippen LogP contribution in [0.3, 0.4) is 0 Å². The number of hydrogen-bond donors (Lipinski definition) is 2. The Morgan fingerprint density at radius 2 is 0.955 bits per heavy atom. The molecule has 2 N–H and O–H groups in total. The molecule has 128 valence electrons. The summed E-state index contributed by atoms with van der Waals surface area (Å²) in [6.45, 7) is 2.28. The number of piperazine rings is 1. The largest absolute Gasteiger partial charge is 0.390 e. The fourth-order valence-electron chi connectivity index (χ4n) is 3.72. The lowest BCUT2D eigenvalue weighted by Gasteiger charge is -2.41. The summed E-state index contributed by atoms with van der Waals surface area (Å²) in [4.78, 5) is 3.92. The molecule has 8 nitrogen and oxygen atoms in total. The zero-order valence-electron chi connectivity index (χ0n) is 12.2. The first-order valence-electron chi connectivity index (χ1n) is 7.42. The Kier molecular flexibility index (Phi) is 4.28. The van der Waals surface area contributed by atoms with E-state index in [1.54, 1.807) is 0 Å². The Hall–Kier alpha value is -0.260. The number of hydrogen-bond acceptors (Lipinski definition) is 8. The zero-order chi connectivity index (χ0) is 16.1. The van der Waals surface area contributed by atoms with Gasteiger partial charge < -0.3 is 10.2 Å². The predicted octanol–water partition coefficient (Wildman–Crippen LogP) is -3.08. The van der Waals surface area contributed by atoms with Gasteiger partial charge >= 0.3 is 0 Å². The maximum Gasteiger partial charge on any atom is 0.154 e. The van der Waals surface area contributed by atoms with Gasteiger partial charge in [-0.1, -0.05) is 0 Å². The Morgan fingerprint density at radius 1 is 0.636 bits per heavy atom. The highest BCUT2D eigenvalue weighted by Crippen LogP contribution is 2.23. The van der Waals surface area contributed by atoms with Gasteiger partial charge in [-0.2, -0.15) is 0 Å². The van der Waals surface area contributed by atoms with Crippen molar-refractivity contribution in [3.63, 3.8) is 0 Å². The highest BCUT2D eigenvalue weighted by molar-refractivity contribution is 7.92. The molecule has 0 aromatic carbocycles. The van der Waals surface area contributed by atoms with Crippen LogP contribution in [0.1, 0.15) is 0 Å². The predicted molar refractivity (Wildman–Crippen MR) is 80.0 cm³/mol. The lowest BCUT2D eigenvalue weighted by atomic mass is 10.1. The minimum absolute atomic E-state index is 0.0192. The van der Waals surface area contributed by atoms with Gasteiger partial charge in [-0.05, 0) is 0 Å². The van der Waals surface area contributed by atoms with E-state index < -0.39 is 31.9 Å². The molecule has 3 saturated heterocycles. The van der Waals surface area contributed by atoms with Crippen molar-refractivity contribution in [3.8, 4) is 0 Å². The fraction of sp³-hybridized carbons (Fsp3) is 1.00. The van der Waals surface area contributed by atoms with Gasteiger partial charge in [0.05, 0.1) is 47.3 Å². The number of rotatable bonds is 2. The van der Waals surface area contributed by atoms with Gasteiger partial charge in [0, 0.05) is 26.2 Å². The topological polar surface area (TPSA) is 115 Å². The van der Waals surface area contributed by atoms with E-state index in [0.29, 0.717) is 26.2 Å². The van der Waals surface area contributed by atoms with Crippen molar-refractivity contribution in [2.75, 3.05) is 49.2 Å². The molecule has 0 saturated carbocycles. The number of aliphatic hydroxyl groups is 2. The van der Waals surface area contributed by atoms with Crippen LogP contribution in [0.25, 0.3) is 0 Å². The summed E-state index contributed by atoms with van der Waals surface area (Å²) in [7, 11) is -6.34. The molecule has 3 heterocycles. The quantitative estimate of drug-likeness (QED) is 0.536. The second-order valence-electron chi connectivity index (χ2n) is 6.50. The van der Waals surface area contributed by atoms with E-state index in [2.05, 4.69) is 0 Å². The lowest BCUT2D eigenvalue weighted by Crippen LogP contribution is -2.57. The van der Waals surface area contributed by atoms with Gasteiger partial charge in [-0.3, -0.25) is 9.80 Å². The third-order valence-corrected chi connectivity index (χ3v) is 8.27. The first-order chi connectivity index (χ1) is 10.2. The monoisotopic (exact) mass is 354 g/mol. The molecule has 22 heavy (non-hydrogen) atoms. The van der Waals surface area contributed by atoms with Crippen LogP contribution in [-0.4, -0.2) is 110 Å². The minimum Gasteiger partial charge on any atom is -0.390 e. The Morgan fingerprint density at radius 3 is 1.18 bits per heavy atom. The minimum atomic E-state index is -3.17. The first-order valence-corrected chi connectivity index (χ1v) is 11.1. The van der Waals surface area contributed by atoms with Crippen LogP contribution in [0.15, 0.2) is 0 Å². The third kappa shape index (κ3) is 3.31. The van der Waals surface area contributed by atoms with E-state index >= 15 is 0 Å². The molecule has 0 amide bonds. The normalized spacial score (nSPS) is 42.6. The van der Waals surface area contributed by atoms with Crippen LogP contribution in [0.2, 0.25) is 0 Å². The molecule has 0 aliphatic carbocycles. The molecular weight excluding hydrogens is 332 g/mol. The number of aliphatic hydroxyl groups excluding tert-OH is 2. The first kappa shape index (κ1) is 16.6. The van der Waals surface area contributed by atoms with Crippen molar-refractivity contribution in [1.29, 1.82) is 0 Å². The summed E-state index contributed by atoms with van der Waals surface area (Å²) in [5.41, 5.74) is 0. The lowest BCUT2D eigenvalue weighted by molar-refractivity contribution is 0.0114. The Labute approximate surface area is 130 Å². The molecule has 3 rings (SSSR count). The standard InChI is InChI=1S/C12H22N2O6S2/c15-11-7-21(17,18)5-9(11)13-1-2-14(4-3-13)10-6-22(19,20)8-12(10)16/h9-12,15-16H,1-8H2/t9-,10-,11-,12+/m1/s1. The van der Waals surface area contributed by atoms with Crippen LogP contribution in [0.5, 0.6) is 0 Å². The summed E-state index contributed by atoms with van der Waals surface area (Å²) in [6, 6.07) is -0.742. The molecule has 3 aliphatic heterocycles. The molecule has 4 atom stereocenters. The smallest absolute Gasteiger partial charge is 0.154 e. The van der Waals surface area contributed by atoms with Crippen molar-refractivity contribution in [2.45, 2.75) is 24.3 Å². The van der Waals surface area contributed by atoms with Crippen molar-refractivity contribution < 1.29 is 27.0 Å². The van der Waals surface area contributed by atoms with E-state index in [-0.39, 0.29) is 35.1 Å². The van der Waals surface area contributed by atoms with E-state index in [4.69, 9.17) is 0 Å². The van der Waals surface area contributed by atoms with Crippen LogP contribution in [0, 0.1) is 0 Å². The Bertz CT molecular complexity index is 570. The molecule has 3 aliphatic rings. The van der Waals surface area contributed by atoms with E-state index in [0.717, 1.165) is 0 Å². The second-order valence-corrected chi connectivity index (χ2v) is 10.8. The second kappa shape index (κ2) is 5.67. The molecule has 0 aromatic rings. The fourth-order valence-corrected chi connectivity index (χ4v) is 7.38. The van der Waals surface area contributed by atoms with Crippen LogP contribution in [0.4, 0.5) is 0 Å². The highest BCUT2D eigenvalue weighted by Gasteiger charge is 2.44. The van der Waals surface area contributed by atoms with E-state index in [9.17, 15) is 27.0 Å². The van der Waals surface area contributed by atoms with Crippen molar-refractivity contribution >= 4 is 19.7 Å². The summed E-state index contributed by atoms with van der Waals surface area (Å²) in [5.74, 6) is -0.405. The molecule has 0 aromatic heterocycles. The molecule has 0 radical (unpaired) electrons. The highest BCUT2D eigenvalue weighted by atomic mass is 32.2. The maximum absolute atomic E-state index is 11.6. The van der Waals surface area contributed by atoms with Gasteiger partial charge in [0.25, 0.3) is 0 Å². The average Bonchev–Trinajstić information content (AvgIpc) is 2.84. The molecule has 0 spiro atoms. The van der Waals surface area contributed by atoms with Gasteiger partial charge in [-0.15, -0.1) is 0 Å². The van der Waals surface area contributed by atoms with Crippen LogP contribution in [-0.2, 0) is 19.7 Å². The maximum atomic E-state index is 11.6. The third-order valence-electron chi connectivity index (χ3n) is 4.87. The molecule has 0 bridgehead atoms. The summed E-state index contributed by atoms with van der Waals surface area (Å²) < 4.78 is 46.3. The van der Waals surface area contributed by atoms with Gasteiger partial charge in [0.2, 0.25) is 0 Å². The van der Waals surface area contributed by atoms with Crippen LogP contribution >= 0.6 is 0 Å². The SMILES string of the molecule is O=S1(=O)C[C@@H](O)[C@H](N2CCN([C@@H]3CS(=O)(=O)C[C@@H]3O)CC2)C1. The summed E-state index contributed by atoms with van der Waals surface area (Å²) in [6.07, 6.45) is -1.71. The van der Waals surface area contributed by atoms with Gasteiger partial charge in [0.15, 0.2) is 19.7 Å². The van der Waals surface area contributed by atoms with Crippen molar-refractivity contribution in [2.24, 2.45) is 0 Å². The summed E-state index contributed by atoms with van der Waals surface area (Å²) >= 11 is 0. The Balaban J connectivity index is 1.59. The molecule has 10 heteroatoms. The number of sulfone groups is 2. The average molecular weight is 354 g/mol. The van der Waals surface area contributed by atoms with Crippen molar-refractivity contribution in [3.05, 3.63) is 0 Å². The van der Waals surface area contributed by atoms with E-state index in [1.165, 1.54) is 0 Å². The van der Waals surface area contributed by atoms with Gasteiger partial charge in [0.1, 0.15) is 0 Å². The van der Waals surface area contributed by atoms with Crippen LogP contribution < -0.4 is 0 Å².